The summed E-state index contributed by atoms with van der Waals surface area (Å²) in [6.07, 6.45) is 2.75. The topological polar surface area (TPSA) is 43.8 Å². The fourth-order valence-electron chi connectivity index (χ4n) is 1.66. The summed E-state index contributed by atoms with van der Waals surface area (Å²) >= 11 is 7.80. The number of aromatic nitrogens is 2. The molecule has 2 unspecified atom stereocenters. The van der Waals surface area contributed by atoms with Crippen LogP contribution in [0.4, 0.5) is 5.82 Å². The van der Waals surface area contributed by atoms with Gasteiger partial charge in [-0.3, -0.25) is 0 Å². The molecule has 72 valence electrons. The third-order valence-corrected chi connectivity index (χ3v) is 4.04. The number of anilines is 1. The van der Waals surface area contributed by atoms with Crippen molar-refractivity contribution >= 4 is 29.2 Å². The monoisotopic (exact) mass is 217 g/mol. The highest BCUT2D eigenvalue weighted by molar-refractivity contribution is 8.00. The van der Waals surface area contributed by atoms with Gasteiger partial charge in [-0.05, 0) is 12.2 Å². The van der Waals surface area contributed by atoms with E-state index in [9.17, 15) is 0 Å². The van der Waals surface area contributed by atoms with Gasteiger partial charge in [0.05, 0.1) is 12.2 Å². The Morgan fingerprint density at radius 1 is 1.77 bits per heavy atom. The molecule has 0 aromatic carbocycles. The standard InChI is InChI=1S/C8H12ClN3S/c1-5-7(2-3-13-5)12-8(10)6(9)4-11-12/h4-5,7H,2-3,10H2,1H3. The molecule has 1 aromatic heterocycles. The van der Waals surface area contributed by atoms with Gasteiger partial charge in [0.2, 0.25) is 0 Å². The zero-order chi connectivity index (χ0) is 9.42. The van der Waals surface area contributed by atoms with Crippen LogP contribution in [0.3, 0.4) is 0 Å². The SMILES string of the molecule is CC1SCCC1n1ncc(Cl)c1N. The summed E-state index contributed by atoms with van der Waals surface area (Å²) in [6.45, 7) is 2.21. The summed E-state index contributed by atoms with van der Waals surface area (Å²) in [5.41, 5.74) is 5.80. The zero-order valence-corrected chi connectivity index (χ0v) is 8.98. The zero-order valence-electron chi connectivity index (χ0n) is 7.40. The van der Waals surface area contributed by atoms with Crippen molar-refractivity contribution in [3.05, 3.63) is 11.2 Å². The minimum absolute atomic E-state index is 0.414. The van der Waals surface area contributed by atoms with Gasteiger partial charge in [-0.1, -0.05) is 18.5 Å². The largest absolute Gasteiger partial charge is 0.383 e. The van der Waals surface area contributed by atoms with Gasteiger partial charge in [0.1, 0.15) is 10.8 Å². The van der Waals surface area contributed by atoms with E-state index in [2.05, 4.69) is 12.0 Å². The Kier molecular flexibility index (Phi) is 2.43. The second-order valence-electron chi connectivity index (χ2n) is 3.25. The number of hydrogen-bond donors (Lipinski definition) is 1. The lowest BCUT2D eigenvalue weighted by atomic mass is 10.2. The lowest BCUT2D eigenvalue weighted by molar-refractivity contribution is 0.463. The number of nitrogens with zero attached hydrogens (tertiary/aromatic N) is 2. The van der Waals surface area contributed by atoms with E-state index >= 15 is 0 Å². The fourth-order valence-corrected chi connectivity index (χ4v) is 3.01. The first kappa shape index (κ1) is 9.21. The van der Waals surface area contributed by atoms with Gasteiger partial charge in [0, 0.05) is 5.25 Å². The molecule has 2 N–H and O–H groups in total. The average Bonchev–Trinajstić information content (AvgIpc) is 2.62. The quantitative estimate of drug-likeness (QED) is 0.784. The van der Waals surface area contributed by atoms with E-state index < -0.39 is 0 Å². The van der Waals surface area contributed by atoms with Crippen molar-refractivity contribution in [3.8, 4) is 0 Å². The number of thioether (sulfide) groups is 1. The summed E-state index contributed by atoms with van der Waals surface area (Å²) in [5.74, 6) is 1.78. The van der Waals surface area contributed by atoms with Crippen LogP contribution in [0.1, 0.15) is 19.4 Å². The summed E-state index contributed by atoms with van der Waals surface area (Å²) in [6, 6.07) is 0.414. The Morgan fingerprint density at radius 3 is 3.00 bits per heavy atom. The van der Waals surface area contributed by atoms with Gasteiger partial charge in [0.25, 0.3) is 0 Å². The molecule has 2 rings (SSSR count). The highest BCUT2D eigenvalue weighted by atomic mass is 35.5. The molecule has 0 amide bonds. The summed E-state index contributed by atoms with van der Waals surface area (Å²) in [7, 11) is 0. The summed E-state index contributed by atoms with van der Waals surface area (Å²) < 4.78 is 1.85. The number of halogens is 1. The molecule has 1 aliphatic rings. The summed E-state index contributed by atoms with van der Waals surface area (Å²) in [4.78, 5) is 0. The van der Waals surface area contributed by atoms with Crippen LogP contribution >= 0.6 is 23.4 Å². The van der Waals surface area contributed by atoms with Crippen LogP contribution in [0.2, 0.25) is 5.02 Å². The number of nitrogen functional groups attached to an aromatic ring is 1. The van der Waals surface area contributed by atoms with Crippen LogP contribution in [0.5, 0.6) is 0 Å². The first-order valence-corrected chi connectivity index (χ1v) is 5.73. The Labute approximate surface area is 86.6 Å². The molecule has 0 bridgehead atoms. The highest BCUT2D eigenvalue weighted by Gasteiger charge is 2.27. The molecule has 0 spiro atoms. The molecule has 3 nitrogen and oxygen atoms in total. The first-order valence-electron chi connectivity index (χ1n) is 4.30. The van der Waals surface area contributed by atoms with Gasteiger partial charge in [-0.2, -0.15) is 16.9 Å². The van der Waals surface area contributed by atoms with Crippen molar-refractivity contribution in [3.63, 3.8) is 0 Å². The maximum atomic E-state index is 5.84. The van der Waals surface area contributed by atoms with Crippen LogP contribution in [-0.4, -0.2) is 20.8 Å². The van der Waals surface area contributed by atoms with Gasteiger partial charge in [0.15, 0.2) is 0 Å². The van der Waals surface area contributed by atoms with Crippen LogP contribution in [0.25, 0.3) is 0 Å². The molecule has 1 saturated heterocycles. The molecule has 5 heteroatoms. The Hall–Kier alpha value is -0.350. The number of rotatable bonds is 1. The van der Waals surface area contributed by atoms with Crippen molar-refractivity contribution in [2.45, 2.75) is 24.6 Å². The fraction of sp³-hybridized carbons (Fsp3) is 0.625. The minimum Gasteiger partial charge on any atom is -0.383 e. The van der Waals surface area contributed by atoms with Crippen molar-refractivity contribution in [2.24, 2.45) is 0 Å². The second-order valence-corrected chi connectivity index (χ2v) is 5.15. The molecular weight excluding hydrogens is 206 g/mol. The number of hydrogen-bond acceptors (Lipinski definition) is 3. The van der Waals surface area contributed by atoms with Crippen molar-refractivity contribution in [1.29, 1.82) is 0 Å². The predicted molar refractivity (Wildman–Crippen MR) is 57.2 cm³/mol. The third-order valence-electron chi connectivity index (χ3n) is 2.44. The Balaban J connectivity index is 2.29. The molecule has 2 atom stereocenters. The maximum Gasteiger partial charge on any atom is 0.140 e. The van der Waals surface area contributed by atoms with E-state index in [4.69, 9.17) is 17.3 Å². The van der Waals surface area contributed by atoms with Gasteiger partial charge < -0.3 is 5.73 Å². The van der Waals surface area contributed by atoms with E-state index in [1.807, 2.05) is 16.4 Å². The van der Waals surface area contributed by atoms with E-state index in [0.717, 1.165) is 6.42 Å². The molecule has 1 fully saturated rings. The lowest BCUT2D eigenvalue weighted by Crippen LogP contribution is -2.17. The Morgan fingerprint density at radius 2 is 2.54 bits per heavy atom. The van der Waals surface area contributed by atoms with Gasteiger partial charge in [-0.15, -0.1) is 0 Å². The Bertz CT molecular complexity index is 312. The second kappa shape index (κ2) is 3.42. The first-order chi connectivity index (χ1) is 6.20. The highest BCUT2D eigenvalue weighted by Crippen LogP contribution is 2.37. The number of nitrogens with two attached hydrogens (primary N) is 1. The average molecular weight is 218 g/mol. The molecule has 2 heterocycles. The van der Waals surface area contributed by atoms with Crippen molar-refractivity contribution in [2.75, 3.05) is 11.5 Å². The predicted octanol–water partition coefficient (Wildman–Crippen LogP) is 2.19. The molecule has 1 aliphatic heterocycles. The van der Waals surface area contributed by atoms with E-state index in [1.54, 1.807) is 6.20 Å². The van der Waals surface area contributed by atoms with Crippen LogP contribution in [0.15, 0.2) is 6.20 Å². The molecule has 0 aliphatic carbocycles. The van der Waals surface area contributed by atoms with E-state index in [1.165, 1.54) is 5.75 Å². The van der Waals surface area contributed by atoms with E-state index in [-0.39, 0.29) is 0 Å². The minimum atomic E-state index is 0.414. The molecule has 0 radical (unpaired) electrons. The van der Waals surface area contributed by atoms with Crippen LogP contribution in [0, 0.1) is 0 Å². The maximum absolute atomic E-state index is 5.84. The smallest absolute Gasteiger partial charge is 0.140 e. The molecule has 1 aromatic rings. The molecule has 13 heavy (non-hydrogen) atoms. The van der Waals surface area contributed by atoms with Gasteiger partial charge in [-0.25, -0.2) is 4.68 Å². The van der Waals surface area contributed by atoms with Gasteiger partial charge >= 0.3 is 0 Å². The van der Waals surface area contributed by atoms with Crippen molar-refractivity contribution < 1.29 is 0 Å². The normalized spacial score (nSPS) is 28.2. The molecular formula is C8H12ClN3S. The van der Waals surface area contributed by atoms with Crippen LogP contribution < -0.4 is 5.73 Å². The van der Waals surface area contributed by atoms with Crippen molar-refractivity contribution in [1.82, 2.24) is 9.78 Å². The van der Waals surface area contributed by atoms with E-state index in [0.29, 0.717) is 22.1 Å². The third kappa shape index (κ3) is 1.53. The molecule has 0 saturated carbocycles. The lowest BCUT2D eigenvalue weighted by Gasteiger charge is -2.16. The van der Waals surface area contributed by atoms with Crippen LogP contribution in [-0.2, 0) is 0 Å². The summed E-state index contributed by atoms with van der Waals surface area (Å²) in [5, 5.41) is 5.34.